The van der Waals surface area contributed by atoms with Gasteiger partial charge in [-0.3, -0.25) is 0 Å². The molecule has 0 saturated heterocycles. The van der Waals surface area contributed by atoms with Crippen molar-refractivity contribution in [1.29, 1.82) is 0 Å². The number of hydrogen-bond donors (Lipinski definition) is 0. The monoisotopic (exact) mass is 110 g/mol. The maximum Gasteiger partial charge on any atom is 0.340 e. The second-order valence-electron chi connectivity index (χ2n) is 0.709. The number of halogens is 2. The second-order valence-corrected chi connectivity index (χ2v) is 1.96. The van der Waals surface area contributed by atoms with E-state index in [0.717, 1.165) is 0 Å². The Morgan fingerprint density at radius 1 is 1.20 bits per heavy atom. The van der Waals surface area contributed by atoms with Crippen LogP contribution in [0.15, 0.2) is 10.2 Å². The van der Waals surface area contributed by atoms with Crippen molar-refractivity contribution in [3.8, 4) is 0 Å². The van der Waals surface area contributed by atoms with E-state index in [-0.39, 0.29) is 0 Å². The van der Waals surface area contributed by atoms with Crippen LogP contribution < -0.4 is 0 Å². The second kappa shape index (κ2) is 0.632. The molecule has 0 saturated carbocycles. The molecule has 0 N–H and O–H groups in total. The third-order valence-electron chi connectivity index (χ3n) is 0.251. The summed E-state index contributed by atoms with van der Waals surface area (Å²) in [4.78, 5) is 0. The summed E-state index contributed by atoms with van der Waals surface area (Å²) in [5.41, 5.74) is 0. The summed E-state index contributed by atoms with van der Waals surface area (Å²) in [7, 11) is 0. The summed E-state index contributed by atoms with van der Waals surface area (Å²) in [6.45, 7) is 0. The highest BCUT2D eigenvalue weighted by molar-refractivity contribution is 6.49. The average molecular weight is 111 g/mol. The molecule has 2 nitrogen and oxygen atoms in total. The van der Waals surface area contributed by atoms with E-state index < -0.39 is 4.58 Å². The highest BCUT2D eigenvalue weighted by Gasteiger charge is 2.33. The van der Waals surface area contributed by atoms with Crippen LogP contribution in [0.4, 0.5) is 0 Å². The van der Waals surface area contributed by atoms with Crippen LogP contribution in [0.3, 0.4) is 0 Å². The van der Waals surface area contributed by atoms with E-state index in [4.69, 9.17) is 23.2 Å². The lowest BCUT2D eigenvalue weighted by molar-refractivity contribution is 1.24. The molecule has 0 aromatic rings. The van der Waals surface area contributed by atoms with E-state index in [2.05, 4.69) is 10.2 Å². The van der Waals surface area contributed by atoms with Crippen LogP contribution in [0, 0.1) is 0 Å². The van der Waals surface area contributed by atoms with Crippen molar-refractivity contribution in [1.82, 2.24) is 0 Å². The fourth-order valence-corrected chi connectivity index (χ4v) is 0.113. The van der Waals surface area contributed by atoms with Crippen molar-refractivity contribution in [3.63, 3.8) is 0 Å². The van der Waals surface area contributed by atoms with Gasteiger partial charge in [0.15, 0.2) is 0 Å². The fourth-order valence-electron chi connectivity index (χ4n) is 0.0378. The molecule has 0 amide bonds. The van der Waals surface area contributed by atoms with Gasteiger partial charge in [-0.25, -0.2) is 0 Å². The molecule has 1 rings (SSSR count). The molecule has 0 atom stereocenters. The summed E-state index contributed by atoms with van der Waals surface area (Å²) < 4.78 is -1.06. The van der Waals surface area contributed by atoms with Crippen LogP contribution in [0.1, 0.15) is 0 Å². The van der Waals surface area contributed by atoms with E-state index in [9.17, 15) is 0 Å². The molecular formula is CCl2N2. The molecule has 0 aliphatic carbocycles. The molecule has 0 aromatic heterocycles. The van der Waals surface area contributed by atoms with Crippen LogP contribution in [0.25, 0.3) is 0 Å². The molecule has 0 bridgehead atoms. The molecule has 5 heavy (non-hydrogen) atoms. The quantitative estimate of drug-likeness (QED) is 0.334. The Morgan fingerprint density at radius 2 is 1.40 bits per heavy atom. The minimum Gasteiger partial charge on any atom is -0.123 e. The Balaban J connectivity index is 2.47. The zero-order valence-electron chi connectivity index (χ0n) is 2.15. The van der Waals surface area contributed by atoms with Gasteiger partial charge in [0.1, 0.15) is 0 Å². The summed E-state index contributed by atoms with van der Waals surface area (Å²) in [6.07, 6.45) is 0. The van der Waals surface area contributed by atoms with Gasteiger partial charge in [-0.2, -0.15) is 0 Å². The zero-order valence-corrected chi connectivity index (χ0v) is 3.66. The predicted octanol–water partition coefficient (Wildman–Crippen LogP) is 1.54. The molecule has 0 unspecified atom stereocenters. The summed E-state index contributed by atoms with van der Waals surface area (Å²) >= 11 is 10.1. The lowest BCUT2D eigenvalue weighted by Gasteiger charge is -1.72. The first-order valence-electron chi connectivity index (χ1n) is 1.03. The van der Waals surface area contributed by atoms with Crippen molar-refractivity contribution in [2.75, 3.05) is 0 Å². The number of hydrogen-bond acceptors (Lipinski definition) is 2. The smallest absolute Gasteiger partial charge is 0.123 e. The third kappa shape index (κ3) is 0.740. The summed E-state index contributed by atoms with van der Waals surface area (Å²) in [5, 5.41) is 6.38. The molecule has 0 aromatic carbocycles. The lowest BCUT2D eigenvalue weighted by Crippen LogP contribution is -1.77. The Hall–Kier alpha value is 0.180. The van der Waals surface area contributed by atoms with Gasteiger partial charge >= 0.3 is 4.58 Å². The first-order chi connectivity index (χ1) is 2.21. The standard InChI is InChI=1S/CCl2N2/c2-1(3)4-5-1. The van der Waals surface area contributed by atoms with E-state index in [1.807, 2.05) is 0 Å². The summed E-state index contributed by atoms with van der Waals surface area (Å²) in [6, 6.07) is 0. The molecular weight excluding hydrogens is 111 g/mol. The van der Waals surface area contributed by atoms with Crippen LogP contribution in [-0.4, -0.2) is 4.58 Å². The third-order valence-corrected chi connectivity index (χ3v) is 0.554. The van der Waals surface area contributed by atoms with E-state index in [0.29, 0.717) is 0 Å². The van der Waals surface area contributed by atoms with Gasteiger partial charge < -0.3 is 0 Å². The van der Waals surface area contributed by atoms with Crippen molar-refractivity contribution >= 4 is 23.2 Å². The van der Waals surface area contributed by atoms with Crippen LogP contribution >= 0.6 is 23.2 Å². The maximum atomic E-state index is 5.07. The van der Waals surface area contributed by atoms with Crippen molar-refractivity contribution in [2.24, 2.45) is 10.2 Å². The Bertz CT molecular complexity index is 67.7. The first kappa shape index (κ1) is 3.37. The fraction of sp³-hybridized carbons (Fsp3) is 1.00. The van der Waals surface area contributed by atoms with Crippen LogP contribution in [-0.2, 0) is 0 Å². The van der Waals surface area contributed by atoms with Gasteiger partial charge in [0.25, 0.3) is 0 Å². The van der Waals surface area contributed by atoms with Crippen LogP contribution in [0.5, 0.6) is 0 Å². The average Bonchev–Trinajstić information content (AvgIpc) is 1.76. The number of alkyl halides is 2. The summed E-state index contributed by atoms with van der Waals surface area (Å²) in [5.74, 6) is 0. The SMILES string of the molecule is ClC1(Cl)N=N1. The molecule has 0 fully saturated rings. The number of rotatable bonds is 0. The maximum absolute atomic E-state index is 5.07. The Morgan fingerprint density at radius 3 is 1.40 bits per heavy atom. The van der Waals surface area contributed by atoms with E-state index >= 15 is 0 Å². The highest BCUT2D eigenvalue weighted by atomic mass is 35.5. The van der Waals surface area contributed by atoms with Crippen molar-refractivity contribution in [2.45, 2.75) is 4.58 Å². The molecule has 4 heteroatoms. The lowest BCUT2D eigenvalue weighted by atomic mass is 11.3. The Labute approximate surface area is 38.8 Å². The minimum absolute atomic E-state index is 1.06. The molecule has 1 aliphatic rings. The zero-order chi connectivity index (χ0) is 3.91. The van der Waals surface area contributed by atoms with E-state index in [1.54, 1.807) is 0 Å². The number of nitrogens with zero attached hydrogens (tertiary/aromatic N) is 2. The molecule has 0 spiro atoms. The molecule has 0 radical (unpaired) electrons. The van der Waals surface area contributed by atoms with Gasteiger partial charge in [0.05, 0.1) is 0 Å². The largest absolute Gasteiger partial charge is 0.340 e. The topological polar surface area (TPSA) is 24.7 Å². The molecule has 28 valence electrons. The van der Waals surface area contributed by atoms with Gasteiger partial charge in [0, 0.05) is 0 Å². The first-order valence-corrected chi connectivity index (χ1v) is 1.78. The Kier molecular flexibility index (Phi) is 0.426. The highest BCUT2D eigenvalue weighted by Crippen LogP contribution is 2.36. The van der Waals surface area contributed by atoms with Gasteiger partial charge in [0.2, 0.25) is 0 Å². The van der Waals surface area contributed by atoms with E-state index in [1.165, 1.54) is 0 Å². The minimum atomic E-state index is -1.06. The van der Waals surface area contributed by atoms with Gasteiger partial charge in [-0.05, 0) is 23.2 Å². The molecule has 1 heterocycles. The van der Waals surface area contributed by atoms with Crippen LogP contribution in [0.2, 0.25) is 0 Å². The van der Waals surface area contributed by atoms with Crippen molar-refractivity contribution < 1.29 is 0 Å². The molecule has 1 aliphatic heterocycles. The normalized spacial score (nSPS) is 26.8. The predicted molar refractivity (Wildman–Crippen MR) is 19.3 cm³/mol. The van der Waals surface area contributed by atoms with Gasteiger partial charge in [-0.1, -0.05) is 0 Å². The van der Waals surface area contributed by atoms with Gasteiger partial charge in [-0.15, -0.1) is 10.2 Å². The van der Waals surface area contributed by atoms with Crippen molar-refractivity contribution in [3.05, 3.63) is 0 Å².